The summed E-state index contributed by atoms with van der Waals surface area (Å²) in [6.45, 7) is 4.60. The Bertz CT molecular complexity index is 1380. The Kier molecular flexibility index (Phi) is 8.72. The Labute approximate surface area is 213 Å². The molecule has 0 radical (unpaired) electrons. The molecule has 0 bridgehead atoms. The van der Waals surface area contributed by atoms with Crippen LogP contribution in [-0.2, 0) is 17.7 Å². The van der Waals surface area contributed by atoms with E-state index in [-0.39, 0.29) is 27.4 Å². The van der Waals surface area contributed by atoms with Crippen LogP contribution in [0.4, 0.5) is 8.78 Å². The molecule has 6 nitrogen and oxygen atoms in total. The Balaban J connectivity index is 0.000000190. The van der Waals surface area contributed by atoms with Crippen LogP contribution in [0.2, 0.25) is 5.02 Å². The molecule has 0 N–H and O–H groups in total. The Morgan fingerprint density at radius 1 is 0.972 bits per heavy atom. The highest BCUT2D eigenvalue weighted by Crippen LogP contribution is 2.30. The number of pyridine rings is 2. The molecule has 0 spiro atoms. The van der Waals surface area contributed by atoms with E-state index in [1.807, 2.05) is 25.1 Å². The minimum atomic E-state index is -0.750. The summed E-state index contributed by atoms with van der Waals surface area (Å²) in [5.74, 6) is -0.815. The summed E-state index contributed by atoms with van der Waals surface area (Å²) < 4.78 is 34.6. The Morgan fingerprint density at radius 3 is 2.39 bits per heavy atom. The number of aryl methyl sites for hydroxylation is 2. The second kappa shape index (κ2) is 12.1. The highest BCUT2D eigenvalue weighted by molar-refractivity contribution is 6.30. The molecule has 5 heterocycles. The zero-order valence-electron chi connectivity index (χ0n) is 20.0. The third kappa shape index (κ3) is 6.12. The SMILES string of the molecule is C1CCOCC1.Cc1ccccn1.O=c1c2ccnc(-c3cc(F)c(Cl)cc3F)c2nc2n1CCC2. The van der Waals surface area contributed by atoms with E-state index >= 15 is 0 Å². The number of halogens is 3. The predicted octanol–water partition coefficient (Wildman–Crippen LogP) is 5.91. The van der Waals surface area contributed by atoms with Gasteiger partial charge in [-0.05, 0) is 62.9 Å². The molecule has 0 aliphatic carbocycles. The lowest BCUT2D eigenvalue weighted by Crippen LogP contribution is -2.21. The minimum Gasteiger partial charge on any atom is -0.381 e. The number of hydrogen-bond acceptors (Lipinski definition) is 5. The number of hydrogen-bond donors (Lipinski definition) is 0. The normalized spacial score (nSPS) is 14.3. The highest BCUT2D eigenvalue weighted by atomic mass is 35.5. The largest absolute Gasteiger partial charge is 0.381 e. The first kappa shape index (κ1) is 25.9. The molecule has 2 aliphatic heterocycles. The molecule has 0 saturated carbocycles. The number of nitrogens with zero attached hydrogens (tertiary/aromatic N) is 4. The molecule has 2 aliphatic rings. The van der Waals surface area contributed by atoms with Crippen LogP contribution < -0.4 is 5.56 Å². The van der Waals surface area contributed by atoms with Crippen LogP contribution in [0.15, 0.2) is 53.6 Å². The average molecular weight is 513 g/mol. The van der Waals surface area contributed by atoms with E-state index in [2.05, 4.69) is 15.0 Å². The second-order valence-electron chi connectivity index (χ2n) is 8.53. The van der Waals surface area contributed by atoms with Gasteiger partial charge < -0.3 is 4.74 Å². The number of aromatic nitrogens is 4. The fraction of sp³-hybridized carbons (Fsp3) is 0.333. The first-order valence-corrected chi connectivity index (χ1v) is 12.3. The third-order valence-corrected chi connectivity index (χ3v) is 6.18. The van der Waals surface area contributed by atoms with Gasteiger partial charge in [-0.25, -0.2) is 13.8 Å². The smallest absolute Gasteiger partial charge is 0.261 e. The second-order valence-corrected chi connectivity index (χ2v) is 8.94. The van der Waals surface area contributed by atoms with E-state index in [9.17, 15) is 13.6 Å². The molecule has 6 rings (SSSR count). The summed E-state index contributed by atoms with van der Waals surface area (Å²) in [6.07, 6.45) is 8.63. The van der Waals surface area contributed by atoms with Crippen molar-refractivity contribution in [3.05, 3.63) is 87.3 Å². The van der Waals surface area contributed by atoms with Gasteiger partial charge in [-0.2, -0.15) is 0 Å². The standard InChI is InChI=1S/C16H10ClF2N3O.C6H7N.C5H10O/c17-10-7-11(18)9(6-12(10)19)14-15-8(3-4-20-14)16(23)22-5-1-2-13(22)21-15;1-6-4-2-3-5-7-6;1-2-4-6-5-3-1/h3-4,6-7H,1-2,5H2;2-5H,1H3;1-5H2. The van der Waals surface area contributed by atoms with Crippen molar-refractivity contribution in [2.24, 2.45) is 0 Å². The topological polar surface area (TPSA) is 69.9 Å². The summed E-state index contributed by atoms with van der Waals surface area (Å²) in [6, 6.07) is 9.28. The van der Waals surface area contributed by atoms with E-state index < -0.39 is 11.6 Å². The molecular weight excluding hydrogens is 486 g/mol. The van der Waals surface area contributed by atoms with E-state index in [0.717, 1.165) is 37.5 Å². The highest BCUT2D eigenvalue weighted by Gasteiger charge is 2.20. The van der Waals surface area contributed by atoms with Crippen molar-refractivity contribution < 1.29 is 13.5 Å². The van der Waals surface area contributed by atoms with Crippen LogP contribution in [-0.4, -0.2) is 32.7 Å². The van der Waals surface area contributed by atoms with Gasteiger partial charge in [0.05, 0.1) is 16.1 Å². The quantitative estimate of drug-likeness (QED) is 0.296. The predicted molar refractivity (Wildman–Crippen MR) is 136 cm³/mol. The molecule has 36 heavy (non-hydrogen) atoms. The Hall–Kier alpha value is -3.23. The lowest BCUT2D eigenvalue weighted by Gasteiger charge is -2.09. The molecule has 0 unspecified atom stereocenters. The first-order chi connectivity index (χ1) is 17.5. The number of benzene rings is 1. The number of ether oxygens (including phenoxy) is 1. The number of fused-ring (bicyclic) bond motifs is 2. The van der Waals surface area contributed by atoms with Gasteiger partial charge in [0.25, 0.3) is 5.56 Å². The van der Waals surface area contributed by atoms with Crippen LogP contribution in [0, 0.1) is 18.6 Å². The zero-order chi connectivity index (χ0) is 25.5. The summed E-state index contributed by atoms with van der Waals surface area (Å²) >= 11 is 5.59. The molecule has 1 aromatic carbocycles. The molecule has 188 valence electrons. The number of rotatable bonds is 1. The van der Waals surface area contributed by atoms with E-state index in [1.54, 1.807) is 16.8 Å². The maximum Gasteiger partial charge on any atom is 0.261 e. The lowest BCUT2D eigenvalue weighted by molar-refractivity contribution is 0.0968. The van der Waals surface area contributed by atoms with Crippen molar-refractivity contribution in [1.29, 1.82) is 0 Å². The molecular formula is C27H27ClF2N4O2. The van der Waals surface area contributed by atoms with Crippen molar-refractivity contribution in [1.82, 2.24) is 19.5 Å². The van der Waals surface area contributed by atoms with Crippen molar-refractivity contribution in [2.45, 2.75) is 45.6 Å². The van der Waals surface area contributed by atoms with Crippen molar-refractivity contribution in [2.75, 3.05) is 13.2 Å². The van der Waals surface area contributed by atoms with Gasteiger partial charge >= 0.3 is 0 Å². The summed E-state index contributed by atoms with van der Waals surface area (Å²) in [7, 11) is 0. The third-order valence-electron chi connectivity index (χ3n) is 5.89. The van der Waals surface area contributed by atoms with Gasteiger partial charge in [0, 0.05) is 49.8 Å². The van der Waals surface area contributed by atoms with Gasteiger partial charge in [0.15, 0.2) is 0 Å². The van der Waals surface area contributed by atoms with Crippen LogP contribution in [0.1, 0.15) is 37.2 Å². The van der Waals surface area contributed by atoms with Crippen molar-refractivity contribution in [3.63, 3.8) is 0 Å². The Morgan fingerprint density at radius 2 is 1.78 bits per heavy atom. The van der Waals surface area contributed by atoms with Gasteiger partial charge in [-0.15, -0.1) is 0 Å². The summed E-state index contributed by atoms with van der Waals surface area (Å²) in [4.78, 5) is 25.1. The molecule has 1 saturated heterocycles. The van der Waals surface area contributed by atoms with E-state index in [0.29, 0.717) is 24.2 Å². The van der Waals surface area contributed by atoms with Gasteiger partial charge in [0.1, 0.15) is 23.0 Å². The minimum absolute atomic E-state index is 0.0626. The van der Waals surface area contributed by atoms with Crippen LogP contribution in [0.5, 0.6) is 0 Å². The maximum absolute atomic E-state index is 14.2. The first-order valence-electron chi connectivity index (χ1n) is 11.9. The lowest BCUT2D eigenvalue weighted by atomic mass is 10.1. The van der Waals surface area contributed by atoms with Gasteiger partial charge in [0.2, 0.25) is 0 Å². The fourth-order valence-electron chi connectivity index (χ4n) is 4.04. The van der Waals surface area contributed by atoms with E-state index in [4.69, 9.17) is 16.3 Å². The van der Waals surface area contributed by atoms with Crippen molar-refractivity contribution >= 4 is 22.5 Å². The molecule has 3 aromatic heterocycles. The monoisotopic (exact) mass is 512 g/mol. The zero-order valence-corrected chi connectivity index (χ0v) is 20.8. The molecule has 0 amide bonds. The summed E-state index contributed by atoms with van der Waals surface area (Å²) in [5, 5.41) is 0.0378. The van der Waals surface area contributed by atoms with Crippen LogP contribution in [0.3, 0.4) is 0 Å². The van der Waals surface area contributed by atoms with Crippen LogP contribution in [0.25, 0.3) is 22.2 Å². The fourth-order valence-corrected chi connectivity index (χ4v) is 4.20. The molecule has 0 atom stereocenters. The molecule has 4 aromatic rings. The van der Waals surface area contributed by atoms with E-state index in [1.165, 1.54) is 25.5 Å². The van der Waals surface area contributed by atoms with Gasteiger partial charge in [-0.1, -0.05) is 17.7 Å². The average Bonchev–Trinajstić information content (AvgIpc) is 3.38. The summed E-state index contributed by atoms with van der Waals surface area (Å²) in [5.41, 5.74) is 1.25. The maximum atomic E-state index is 14.2. The van der Waals surface area contributed by atoms with Gasteiger partial charge in [-0.3, -0.25) is 19.3 Å². The molecule has 1 fully saturated rings. The van der Waals surface area contributed by atoms with Crippen LogP contribution >= 0.6 is 11.6 Å². The van der Waals surface area contributed by atoms with Crippen molar-refractivity contribution in [3.8, 4) is 11.3 Å². The molecule has 9 heteroatoms.